The number of pyridine rings is 1. The number of aromatic nitrogens is 4. The van der Waals surface area contributed by atoms with Gasteiger partial charge in [0.2, 0.25) is 0 Å². The van der Waals surface area contributed by atoms with E-state index in [2.05, 4.69) is 41.6 Å². The van der Waals surface area contributed by atoms with Crippen LogP contribution in [0.15, 0.2) is 81.7 Å². The van der Waals surface area contributed by atoms with Gasteiger partial charge in [0, 0.05) is 33.7 Å². The van der Waals surface area contributed by atoms with Crippen molar-refractivity contribution in [2.75, 3.05) is 5.75 Å². The number of hydrazone groups is 1. The van der Waals surface area contributed by atoms with E-state index in [4.69, 9.17) is 11.6 Å². The maximum atomic E-state index is 13.8. The van der Waals surface area contributed by atoms with Crippen LogP contribution in [0, 0.1) is 5.82 Å². The van der Waals surface area contributed by atoms with E-state index in [-0.39, 0.29) is 22.2 Å². The fraction of sp³-hybridized carbons (Fsp3) is 0.0455. The Kier molecular flexibility index (Phi) is 7.48. The molecule has 0 unspecified atom stereocenters. The highest BCUT2D eigenvalue weighted by Gasteiger charge is 2.17. The Morgan fingerprint density at radius 3 is 2.64 bits per heavy atom. The highest BCUT2D eigenvalue weighted by atomic mass is 79.9. The first-order valence-corrected chi connectivity index (χ1v) is 11.7. The standard InChI is InChI=1S/C22H15BrClFN6OS/c23-15-4-6-16(7-5-15)31-21(14-8-10-26-11-9-14)29-30-22(31)33-13-20(32)28-27-12-17-18(24)2-1-3-19(17)25/h1-12H,13H2,(H,28,32)/b27-12-. The summed E-state index contributed by atoms with van der Waals surface area (Å²) in [5.74, 6) is -0.275. The summed E-state index contributed by atoms with van der Waals surface area (Å²) in [6, 6.07) is 15.6. The predicted molar refractivity (Wildman–Crippen MR) is 130 cm³/mol. The van der Waals surface area contributed by atoms with Crippen LogP contribution < -0.4 is 5.43 Å². The Labute approximate surface area is 206 Å². The van der Waals surface area contributed by atoms with Crippen LogP contribution in [-0.2, 0) is 4.79 Å². The molecule has 1 N–H and O–H groups in total. The second kappa shape index (κ2) is 10.7. The molecule has 4 aromatic rings. The van der Waals surface area contributed by atoms with Crippen molar-refractivity contribution in [3.05, 3.63) is 87.9 Å². The topological polar surface area (TPSA) is 85.1 Å². The molecule has 11 heteroatoms. The molecule has 0 aliphatic heterocycles. The Balaban J connectivity index is 1.51. The lowest BCUT2D eigenvalue weighted by atomic mass is 10.2. The first-order chi connectivity index (χ1) is 16.0. The Morgan fingerprint density at radius 2 is 1.91 bits per heavy atom. The molecule has 0 radical (unpaired) electrons. The molecule has 0 bridgehead atoms. The molecule has 0 spiro atoms. The molecule has 166 valence electrons. The summed E-state index contributed by atoms with van der Waals surface area (Å²) < 4.78 is 16.6. The number of nitrogens with zero attached hydrogens (tertiary/aromatic N) is 5. The molecule has 2 heterocycles. The summed E-state index contributed by atoms with van der Waals surface area (Å²) in [5.41, 5.74) is 4.15. The Morgan fingerprint density at radius 1 is 1.15 bits per heavy atom. The van der Waals surface area contributed by atoms with E-state index in [0.29, 0.717) is 11.0 Å². The molecule has 0 aliphatic rings. The molecule has 4 rings (SSSR count). The summed E-state index contributed by atoms with van der Waals surface area (Å²) in [4.78, 5) is 16.3. The van der Waals surface area contributed by atoms with Crippen molar-refractivity contribution in [3.63, 3.8) is 0 Å². The molecular formula is C22H15BrClFN6OS. The number of hydrogen-bond donors (Lipinski definition) is 1. The number of nitrogens with one attached hydrogen (secondary N) is 1. The highest BCUT2D eigenvalue weighted by Crippen LogP contribution is 2.28. The van der Waals surface area contributed by atoms with Gasteiger partial charge < -0.3 is 0 Å². The Hall–Kier alpha value is -3.08. The van der Waals surface area contributed by atoms with Gasteiger partial charge in [0.05, 0.1) is 17.0 Å². The van der Waals surface area contributed by atoms with Gasteiger partial charge >= 0.3 is 0 Å². The number of amides is 1. The highest BCUT2D eigenvalue weighted by molar-refractivity contribution is 9.10. The second-order valence-electron chi connectivity index (χ2n) is 6.57. The number of carbonyl (C=O) groups excluding carboxylic acids is 1. The zero-order valence-electron chi connectivity index (χ0n) is 16.8. The quantitative estimate of drug-likeness (QED) is 0.198. The monoisotopic (exact) mass is 544 g/mol. The van der Waals surface area contributed by atoms with E-state index in [1.807, 2.05) is 41.0 Å². The average molecular weight is 546 g/mol. The van der Waals surface area contributed by atoms with Crippen LogP contribution in [0.2, 0.25) is 5.02 Å². The van der Waals surface area contributed by atoms with Crippen LogP contribution in [0.25, 0.3) is 17.1 Å². The van der Waals surface area contributed by atoms with Gasteiger partial charge in [-0.2, -0.15) is 5.10 Å². The van der Waals surface area contributed by atoms with Crippen molar-refractivity contribution in [3.8, 4) is 17.1 Å². The molecular weight excluding hydrogens is 531 g/mol. The first-order valence-electron chi connectivity index (χ1n) is 9.53. The van der Waals surface area contributed by atoms with Crippen molar-refractivity contribution in [2.45, 2.75) is 5.16 Å². The molecule has 2 aromatic heterocycles. The molecule has 2 aromatic carbocycles. The van der Waals surface area contributed by atoms with Crippen LogP contribution in [0.5, 0.6) is 0 Å². The van der Waals surface area contributed by atoms with Gasteiger partial charge in [-0.15, -0.1) is 10.2 Å². The largest absolute Gasteiger partial charge is 0.272 e. The van der Waals surface area contributed by atoms with Crippen molar-refractivity contribution in [1.82, 2.24) is 25.2 Å². The van der Waals surface area contributed by atoms with Gasteiger partial charge in [-0.25, -0.2) is 9.82 Å². The van der Waals surface area contributed by atoms with Gasteiger partial charge in [-0.3, -0.25) is 14.3 Å². The summed E-state index contributed by atoms with van der Waals surface area (Å²) in [6.45, 7) is 0. The van der Waals surface area contributed by atoms with Crippen LogP contribution in [0.4, 0.5) is 4.39 Å². The fourth-order valence-electron chi connectivity index (χ4n) is 2.84. The maximum Gasteiger partial charge on any atom is 0.250 e. The van der Waals surface area contributed by atoms with Crippen LogP contribution in [0.1, 0.15) is 5.56 Å². The van der Waals surface area contributed by atoms with Crippen molar-refractivity contribution < 1.29 is 9.18 Å². The molecule has 33 heavy (non-hydrogen) atoms. The fourth-order valence-corrected chi connectivity index (χ4v) is 4.06. The predicted octanol–water partition coefficient (Wildman–Crippen LogP) is 5.13. The van der Waals surface area contributed by atoms with E-state index >= 15 is 0 Å². The first kappa shape index (κ1) is 23.1. The molecule has 0 aliphatic carbocycles. The smallest absolute Gasteiger partial charge is 0.250 e. The lowest BCUT2D eigenvalue weighted by Crippen LogP contribution is -2.20. The summed E-state index contributed by atoms with van der Waals surface area (Å²) in [7, 11) is 0. The zero-order chi connectivity index (χ0) is 23.2. The molecule has 7 nitrogen and oxygen atoms in total. The summed E-state index contributed by atoms with van der Waals surface area (Å²) >= 11 is 10.6. The minimum Gasteiger partial charge on any atom is -0.272 e. The third-order valence-corrected chi connectivity index (χ3v) is 6.16. The average Bonchev–Trinajstić information content (AvgIpc) is 3.25. The van der Waals surface area contributed by atoms with E-state index < -0.39 is 5.82 Å². The van der Waals surface area contributed by atoms with Crippen LogP contribution in [-0.4, -0.2) is 37.6 Å². The van der Waals surface area contributed by atoms with Gasteiger partial charge in [0.1, 0.15) is 5.82 Å². The minimum atomic E-state index is -0.527. The van der Waals surface area contributed by atoms with Gasteiger partial charge in [-0.05, 0) is 48.5 Å². The third kappa shape index (κ3) is 5.65. The number of halogens is 3. The van der Waals surface area contributed by atoms with Crippen LogP contribution in [0.3, 0.4) is 0 Å². The number of thioether (sulfide) groups is 1. The van der Waals surface area contributed by atoms with E-state index in [9.17, 15) is 9.18 Å². The number of carbonyl (C=O) groups is 1. The molecule has 0 atom stereocenters. The lowest BCUT2D eigenvalue weighted by molar-refractivity contribution is -0.118. The molecule has 1 amide bonds. The third-order valence-electron chi connectivity index (χ3n) is 4.37. The van der Waals surface area contributed by atoms with Crippen molar-refractivity contribution in [1.29, 1.82) is 0 Å². The van der Waals surface area contributed by atoms with E-state index in [1.165, 1.54) is 30.1 Å². The summed E-state index contributed by atoms with van der Waals surface area (Å²) in [5, 5.41) is 13.1. The number of hydrogen-bond acceptors (Lipinski definition) is 6. The molecule has 0 fully saturated rings. The molecule has 0 saturated heterocycles. The normalized spacial score (nSPS) is 11.1. The second-order valence-corrected chi connectivity index (χ2v) is 8.84. The van der Waals surface area contributed by atoms with Crippen molar-refractivity contribution >= 4 is 51.4 Å². The maximum absolute atomic E-state index is 13.8. The van der Waals surface area contributed by atoms with Gasteiger partial charge in [0.15, 0.2) is 11.0 Å². The number of benzene rings is 2. The van der Waals surface area contributed by atoms with Gasteiger partial charge in [-0.1, -0.05) is 45.4 Å². The van der Waals surface area contributed by atoms with E-state index in [0.717, 1.165) is 15.7 Å². The zero-order valence-corrected chi connectivity index (χ0v) is 20.0. The number of rotatable bonds is 7. The van der Waals surface area contributed by atoms with Crippen molar-refractivity contribution in [2.24, 2.45) is 5.10 Å². The van der Waals surface area contributed by atoms with Gasteiger partial charge in [0.25, 0.3) is 5.91 Å². The lowest BCUT2D eigenvalue weighted by Gasteiger charge is -2.10. The Bertz CT molecular complexity index is 1280. The SMILES string of the molecule is O=C(CSc1nnc(-c2ccncc2)n1-c1ccc(Br)cc1)N/N=C\c1c(F)cccc1Cl. The van der Waals surface area contributed by atoms with Crippen LogP contribution >= 0.6 is 39.3 Å². The molecule has 0 saturated carbocycles. The van der Waals surface area contributed by atoms with E-state index in [1.54, 1.807) is 18.5 Å². The summed E-state index contributed by atoms with van der Waals surface area (Å²) in [6.07, 6.45) is 4.53. The minimum absolute atomic E-state index is 0.0212.